The summed E-state index contributed by atoms with van der Waals surface area (Å²) in [4.78, 5) is 11.8. The Kier molecular flexibility index (Phi) is 4.68. The van der Waals surface area contributed by atoms with Crippen LogP contribution in [0.3, 0.4) is 0 Å². The third-order valence-corrected chi connectivity index (χ3v) is 3.30. The molecule has 6 heteroatoms. The van der Waals surface area contributed by atoms with Crippen molar-refractivity contribution in [2.24, 2.45) is 0 Å². The normalized spacial score (nSPS) is 19.6. The van der Waals surface area contributed by atoms with Gasteiger partial charge in [0.05, 0.1) is 22.7 Å². The summed E-state index contributed by atoms with van der Waals surface area (Å²) in [6.45, 7) is 2.52. The lowest BCUT2D eigenvalue weighted by molar-refractivity contribution is 0.0287. The fourth-order valence-corrected chi connectivity index (χ4v) is 2.10. The van der Waals surface area contributed by atoms with Gasteiger partial charge in [0.2, 0.25) is 0 Å². The first-order chi connectivity index (χ1) is 8.68. The van der Waals surface area contributed by atoms with Gasteiger partial charge in [-0.1, -0.05) is 6.07 Å². The average Bonchev–Trinajstić information content (AvgIpc) is 2.40. The smallest absolute Gasteiger partial charge is 0.254 e. The molecule has 0 bridgehead atoms. The molecule has 2 rings (SSSR count). The summed E-state index contributed by atoms with van der Waals surface area (Å²) in [5.41, 5.74) is 0.0353. The molecule has 1 aromatic carbocycles. The molecule has 1 atom stereocenters. The number of carbonyl (C=O) groups excluding carboxylic acids is 1. The zero-order valence-corrected chi connectivity index (χ0v) is 11.3. The highest BCUT2D eigenvalue weighted by Gasteiger charge is 2.17. The van der Waals surface area contributed by atoms with Gasteiger partial charge in [0.15, 0.2) is 0 Å². The molecule has 1 aliphatic rings. The largest absolute Gasteiger partial charge is 0.374 e. The second-order valence-electron chi connectivity index (χ2n) is 4.01. The SMILES string of the molecule is O=C(NCC1CNCCO1)c1cccc(Br)c1F. The number of morpholine rings is 1. The van der Waals surface area contributed by atoms with Crippen LogP contribution in [0.2, 0.25) is 0 Å². The van der Waals surface area contributed by atoms with E-state index < -0.39 is 11.7 Å². The van der Waals surface area contributed by atoms with Gasteiger partial charge in [-0.3, -0.25) is 4.79 Å². The summed E-state index contributed by atoms with van der Waals surface area (Å²) in [5, 5.41) is 5.83. The molecule has 2 N–H and O–H groups in total. The standard InChI is InChI=1S/C12H14BrFN2O2/c13-10-3-1-2-9(11(10)14)12(17)16-7-8-6-15-4-5-18-8/h1-3,8,15H,4-7H2,(H,16,17). The second kappa shape index (κ2) is 6.26. The zero-order chi connectivity index (χ0) is 13.0. The molecule has 1 saturated heterocycles. The molecule has 18 heavy (non-hydrogen) atoms. The van der Waals surface area contributed by atoms with Crippen molar-refractivity contribution in [3.63, 3.8) is 0 Å². The van der Waals surface area contributed by atoms with Gasteiger partial charge in [-0.25, -0.2) is 4.39 Å². The maximum atomic E-state index is 13.7. The van der Waals surface area contributed by atoms with E-state index in [0.29, 0.717) is 19.7 Å². The van der Waals surface area contributed by atoms with Crippen LogP contribution in [0.4, 0.5) is 4.39 Å². The van der Waals surface area contributed by atoms with Crippen molar-refractivity contribution in [3.05, 3.63) is 34.1 Å². The summed E-state index contributed by atoms with van der Waals surface area (Å²) >= 11 is 3.05. The van der Waals surface area contributed by atoms with Crippen LogP contribution in [0.1, 0.15) is 10.4 Å². The molecule has 1 heterocycles. The number of benzene rings is 1. The predicted octanol–water partition coefficient (Wildman–Crippen LogP) is 1.31. The van der Waals surface area contributed by atoms with Gasteiger partial charge in [-0.05, 0) is 28.1 Å². The lowest BCUT2D eigenvalue weighted by Crippen LogP contribution is -2.45. The molecule has 1 aliphatic heterocycles. The fourth-order valence-electron chi connectivity index (χ4n) is 1.73. The molecular formula is C12H14BrFN2O2. The minimum absolute atomic E-state index is 0.0353. The van der Waals surface area contributed by atoms with Crippen LogP contribution >= 0.6 is 15.9 Å². The van der Waals surface area contributed by atoms with Crippen molar-refractivity contribution in [1.82, 2.24) is 10.6 Å². The predicted molar refractivity (Wildman–Crippen MR) is 69.0 cm³/mol. The highest BCUT2D eigenvalue weighted by atomic mass is 79.9. The molecule has 4 nitrogen and oxygen atoms in total. The van der Waals surface area contributed by atoms with E-state index in [2.05, 4.69) is 26.6 Å². The highest BCUT2D eigenvalue weighted by molar-refractivity contribution is 9.10. The van der Waals surface area contributed by atoms with Gasteiger partial charge in [0.25, 0.3) is 5.91 Å². The number of hydrogen-bond donors (Lipinski definition) is 2. The Morgan fingerprint density at radius 1 is 1.61 bits per heavy atom. The Bertz CT molecular complexity index is 436. The number of nitrogens with one attached hydrogen (secondary N) is 2. The third kappa shape index (κ3) is 3.28. The van der Waals surface area contributed by atoms with E-state index in [1.165, 1.54) is 6.07 Å². The molecule has 1 unspecified atom stereocenters. The summed E-state index contributed by atoms with van der Waals surface area (Å²) < 4.78 is 19.4. The minimum atomic E-state index is -0.544. The van der Waals surface area contributed by atoms with Crippen LogP contribution in [0, 0.1) is 5.82 Å². The van der Waals surface area contributed by atoms with Gasteiger partial charge in [0, 0.05) is 19.6 Å². The summed E-state index contributed by atoms with van der Waals surface area (Å²) in [5.74, 6) is -0.972. The van der Waals surface area contributed by atoms with E-state index in [9.17, 15) is 9.18 Å². The Hall–Kier alpha value is -0.980. The molecule has 0 saturated carbocycles. The van der Waals surface area contributed by atoms with E-state index >= 15 is 0 Å². The zero-order valence-electron chi connectivity index (χ0n) is 9.71. The van der Waals surface area contributed by atoms with Crippen molar-refractivity contribution in [3.8, 4) is 0 Å². The Balaban J connectivity index is 1.93. The molecule has 0 aliphatic carbocycles. The van der Waals surface area contributed by atoms with Crippen LogP contribution in [-0.4, -0.2) is 38.3 Å². The van der Waals surface area contributed by atoms with Crippen LogP contribution in [0.5, 0.6) is 0 Å². The van der Waals surface area contributed by atoms with Crippen molar-refractivity contribution < 1.29 is 13.9 Å². The number of hydrogen-bond acceptors (Lipinski definition) is 3. The monoisotopic (exact) mass is 316 g/mol. The van der Waals surface area contributed by atoms with Gasteiger partial charge < -0.3 is 15.4 Å². The summed E-state index contributed by atoms with van der Waals surface area (Å²) in [6.07, 6.45) is -0.0575. The van der Waals surface area contributed by atoms with Crippen molar-refractivity contribution in [2.45, 2.75) is 6.10 Å². The van der Waals surface area contributed by atoms with Gasteiger partial charge >= 0.3 is 0 Å². The second-order valence-corrected chi connectivity index (χ2v) is 4.86. The molecule has 0 spiro atoms. The third-order valence-electron chi connectivity index (χ3n) is 2.69. The summed E-state index contributed by atoms with van der Waals surface area (Å²) in [7, 11) is 0. The van der Waals surface area contributed by atoms with Gasteiger partial charge in [-0.2, -0.15) is 0 Å². The molecular weight excluding hydrogens is 303 g/mol. The topological polar surface area (TPSA) is 50.4 Å². The first-order valence-electron chi connectivity index (χ1n) is 5.73. The van der Waals surface area contributed by atoms with Crippen LogP contribution in [-0.2, 0) is 4.74 Å². The van der Waals surface area contributed by atoms with E-state index in [1.54, 1.807) is 12.1 Å². The van der Waals surface area contributed by atoms with Gasteiger partial charge in [0.1, 0.15) is 5.82 Å². The van der Waals surface area contributed by atoms with E-state index in [-0.39, 0.29) is 16.1 Å². The van der Waals surface area contributed by atoms with E-state index in [4.69, 9.17) is 4.74 Å². The minimum Gasteiger partial charge on any atom is -0.374 e. The number of halogens is 2. The van der Waals surface area contributed by atoms with Crippen molar-refractivity contribution >= 4 is 21.8 Å². The number of rotatable bonds is 3. The quantitative estimate of drug-likeness (QED) is 0.884. The molecule has 1 amide bonds. The number of carbonyl (C=O) groups is 1. The molecule has 98 valence electrons. The number of amides is 1. The maximum Gasteiger partial charge on any atom is 0.254 e. The first-order valence-corrected chi connectivity index (χ1v) is 6.52. The highest BCUT2D eigenvalue weighted by Crippen LogP contribution is 2.18. The van der Waals surface area contributed by atoms with Crippen LogP contribution < -0.4 is 10.6 Å². The lowest BCUT2D eigenvalue weighted by atomic mass is 10.2. The first kappa shape index (κ1) is 13.5. The van der Waals surface area contributed by atoms with Crippen LogP contribution in [0.15, 0.2) is 22.7 Å². The van der Waals surface area contributed by atoms with E-state index in [0.717, 1.165) is 6.54 Å². The van der Waals surface area contributed by atoms with Gasteiger partial charge in [-0.15, -0.1) is 0 Å². The summed E-state index contributed by atoms with van der Waals surface area (Å²) in [6, 6.07) is 4.64. The molecule has 0 radical (unpaired) electrons. The lowest BCUT2D eigenvalue weighted by Gasteiger charge is -2.23. The van der Waals surface area contributed by atoms with Crippen molar-refractivity contribution in [2.75, 3.05) is 26.2 Å². The molecule has 1 fully saturated rings. The Labute approximate surface area is 113 Å². The van der Waals surface area contributed by atoms with E-state index in [1.807, 2.05) is 0 Å². The Morgan fingerprint density at radius 2 is 2.44 bits per heavy atom. The number of ether oxygens (including phenoxy) is 1. The Morgan fingerprint density at radius 3 is 3.17 bits per heavy atom. The van der Waals surface area contributed by atoms with Crippen molar-refractivity contribution in [1.29, 1.82) is 0 Å². The maximum absolute atomic E-state index is 13.7. The van der Waals surface area contributed by atoms with Crippen LogP contribution in [0.25, 0.3) is 0 Å². The fraction of sp³-hybridized carbons (Fsp3) is 0.417. The molecule has 1 aromatic rings. The average molecular weight is 317 g/mol. The molecule has 0 aromatic heterocycles.